The van der Waals surface area contributed by atoms with Crippen LogP contribution in [0.25, 0.3) is 10.2 Å². The lowest BCUT2D eigenvalue weighted by molar-refractivity contribution is -0.123. The van der Waals surface area contributed by atoms with Crippen LogP contribution in [0, 0.1) is 5.92 Å². The van der Waals surface area contributed by atoms with Crippen LogP contribution in [0.4, 0.5) is 10.5 Å². The zero-order valence-electron chi connectivity index (χ0n) is 16.6. The molecule has 0 aliphatic carbocycles. The van der Waals surface area contributed by atoms with E-state index in [1.165, 1.54) is 4.70 Å². The number of amides is 3. The first-order valence-corrected chi connectivity index (χ1v) is 10.6. The largest absolute Gasteiger partial charge is 0.354 e. The van der Waals surface area contributed by atoms with Crippen molar-refractivity contribution in [2.24, 2.45) is 5.92 Å². The SMILES string of the molecule is CC(C)C(NC(=O)Nc1ccccc1)C(=O)NCCCc1nc2ccccc2s1. The molecule has 1 unspecified atom stereocenters. The van der Waals surface area contributed by atoms with Crippen molar-refractivity contribution in [1.82, 2.24) is 15.6 Å². The van der Waals surface area contributed by atoms with Crippen molar-refractivity contribution in [2.75, 3.05) is 11.9 Å². The first kappa shape index (κ1) is 20.8. The van der Waals surface area contributed by atoms with Gasteiger partial charge in [-0.3, -0.25) is 4.79 Å². The van der Waals surface area contributed by atoms with E-state index in [4.69, 9.17) is 0 Å². The number of nitrogens with zero attached hydrogens (tertiary/aromatic N) is 1. The van der Waals surface area contributed by atoms with Gasteiger partial charge in [0.15, 0.2) is 0 Å². The van der Waals surface area contributed by atoms with Gasteiger partial charge in [-0.1, -0.05) is 44.2 Å². The Balaban J connectivity index is 1.45. The number of thiazole rings is 1. The zero-order valence-corrected chi connectivity index (χ0v) is 17.5. The van der Waals surface area contributed by atoms with Gasteiger partial charge in [0.1, 0.15) is 6.04 Å². The van der Waals surface area contributed by atoms with Crippen LogP contribution in [0.15, 0.2) is 54.6 Å². The number of aryl methyl sites for hydroxylation is 1. The molecule has 2 aromatic carbocycles. The lowest BCUT2D eigenvalue weighted by atomic mass is 10.0. The summed E-state index contributed by atoms with van der Waals surface area (Å²) < 4.78 is 1.18. The van der Waals surface area contributed by atoms with E-state index in [9.17, 15) is 9.59 Å². The van der Waals surface area contributed by atoms with Crippen LogP contribution in [0.3, 0.4) is 0 Å². The highest BCUT2D eigenvalue weighted by Gasteiger charge is 2.23. The summed E-state index contributed by atoms with van der Waals surface area (Å²) in [4.78, 5) is 29.4. The molecule has 1 aromatic heterocycles. The predicted molar refractivity (Wildman–Crippen MR) is 118 cm³/mol. The maximum absolute atomic E-state index is 12.6. The fourth-order valence-electron chi connectivity index (χ4n) is 2.95. The Morgan fingerprint density at radius 2 is 1.76 bits per heavy atom. The molecule has 0 aliphatic heterocycles. The summed E-state index contributed by atoms with van der Waals surface area (Å²) in [7, 11) is 0. The molecule has 3 aromatic rings. The minimum atomic E-state index is -0.596. The Morgan fingerprint density at radius 1 is 1.03 bits per heavy atom. The van der Waals surface area contributed by atoms with Crippen LogP contribution < -0.4 is 16.0 Å². The van der Waals surface area contributed by atoms with Gasteiger partial charge in [-0.2, -0.15) is 0 Å². The van der Waals surface area contributed by atoms with Gasteiger partial charge in [0.2, 0.25) is 5.91 Å². The van der Waals surface area contributed by atoms with Crippen LogP contribution in [0.2, 0.25) is 0 Å². The molecule has 0 saturated heterocycles. The minimum Gasteiger partial charge on any atom is -0.354 e. The summed E-state index contributed by atoms with van der Waals surface area (Å²) in [5.41, 5.74) is 1.70. The lowest BCUT2D eigenvalue weighted by Crippen LogP contribution is -2.51. The standard InChI is InChI=1S/C22H26N4O2S/c1-15(2)20(26-22(28)24-16-9-4-3-5-10-16)21(27)23-14-8-13-19-25-17-11-6-7-12-18(17)29-19/h3-7,9-12,15,20H,8,13-14H2,1-2H3,(H,23,27)(H2,24,26,28). The Hall–Kier alpha value is -2.93. The van der Waals surface area contributed by atoms with E-state index < -0.39 is 6.04 Å². The molecule has 0 fully saturated rings. The highest BCUT2D eigenvalue weighted by Crippen LogP contribution is 2.22. The molecular weight excluding hydrogens is 384 g/mol. The highest BCUT2D eigenvalue weighted by molar-refractivity contribution is 7.18. The van der Waals surface area contributed by atoms with E-state index >= 15 is 0 Å². The van der Waals surface area contributed by atoms with Crippen LogP contribution >= 0.6 is 11.3 Å². The summed E-state index contributed by atoms with van der Waals surface area (Å²) in [5.74, 6) is -0.201. The number of urea groups is 1. The summed E-state index contributed by atoms with van der Waals surface area (Å²) in [6.07, 6.45) is 1.61. The first-order chi connectivity index (χ1) is 14.0. The molecule has 1 heterocycles. The monoisotopic (exact) mass is 410 g/mol. The molecule has 0 radical (unpaired) electrons. The van der Waals surface area contributed by atoms with E-state index in [2.05, 4.69) is 27.0 Å². The minimum absolute atomic E-state index is 0.0271. The van der Waals surface area contributed by atoms with Crippen LogP contribution in [-0.4, -0.2) is 29.5 Å². The van der Waals surface area contributed by atoms with E-state index in [0.29, 0.717) is 12.2 Å². The Labute approximate surface area is 174 Å². The lowest BCUT2D eigenvalue weighted by Gasteiger charge is -2.22. The number of fused-ring (bicyclic) bond motifs is 1. The fourth-order valence-corrected chi connectivity index (χ4v) is 3.96. The molecule has 152 valence electrons. The smallest absolute Gasteiger partial charge is 0.319 e. The van der Waals surface area contributed by atoms with Gasteiger partial charge in [0.25, 0.3) is 0 Å². The molecule has 0 aliphatic rings. The van der Waals surface area contributed by atoms with Crippen molar-refractivity contribution in [3.63, 3.8) is 0 Å². The average molecular weight is 411 g/mol. The van der Waals surface area contributed by atoms with Gasteiger partial charge in [-0.05, 0) is 36.6 Å². The van der Waals surface area contributed by atoms with Crippen molar-refractivity contribution in [3.8, 4) is 0 Å². The molecule has 3 amide bonds. The summed E-state index contributed by atoms with van der Waals surface area (Å²) in [6.45, 7) is 4.36. The van der Waals surface area contributed by atoms with Crippen molar-refractivity contribution >= 4 is 39.2 Å². The number of anilines is 1. The van der Waals surface area contributed by atoms with E-state index in [-0.39, 0.29) is 17.9 Å². The first-order valence-electron chi connectivity index (χ1n) is 9.77. The topological polar surface area (TPSA) is 83.1 Å². The van der Waals surface area contributed by atoms with Crippen molar-refractivity contribution in [2.45, 2.75) is 32.7 Å². The molecule has 3 N–H and O–H groups in total. The van der Waals surface area contributed by atoms with Gasteiger partial charge >= 0.3 is 6.03 Å². The van der Waals surface area contributed by atoms with Gasteiger partial charge in [0, 0.05) is 18.7 Å². The third-order valence-corrected chi connectivity index (χ3v) is 5.57. The third kappa shape index (κ3) is 6.02. The van der Waals surface area contributed by atoms with E-state index in [0.717, 1.165) is 23.4 Å². The maximum Gasteiger partial charge on any atom is 0.319 e. The number of hydrogen-bond donors (Lipinski definition) is 3. The maximum atomic E-state index is 12.6. The van der Waals surface area contributed by atoms with Gasteiger partial charge in [-0.25, -0.2) is 9.78 Å². The number of carbonyl (C=O) groups is 2. The van der Waals surface area contributed by atoms with Crippen molar-refractivity contribution < 1.29 is 9.59 Å². The predicted octanol–water partition coefficient (Wildman–Crippen LogP) is 4.19. The Morgan fingerprint density at radius 3 is 2.48 bits per heavy atom. The molecule has 0 saturated carbocycles. The van der Waals surface area contributed by atoms with Gasteiger partial charge < -0.3 is 16.0 Å². The number of para-hydroxylation sites is 2. The Bertz CT molecular complexity index is 923. The van der Waals surface area contributed by atoms with Crippen LogP contribution in [0.1, 0.15) is 25.3 Å². The summed E-state index contributed by atoms with van der Waals surface area (Å²) in [5, 5.41) is 9.52. The number of hydrogen-bond acceptors (Lipinski definition) is 4. The molecule has 3 rings (SSSR count). The third-order valence-electron chi connectivity index (χ3n) is 4.47. The summed E-state index contributed by atoms with van der Waals surface area (Å²) >= 11 is 1.69. The van der Waals surface area contributed by atoms with Crippen molar-refractivity contribution in [3.05, 3.63) is 59.6 Å². The molecule has 0 bridgehead atoms. The normalized spacial score (nSPS) is 12.0. The number of carbonyl (C=O) groups excluding carboxylic acids is 2. The fraction of sp³-hybridized carbons (Fsp3) is 0.318. The number of aromatic nitrogens is 1. The quantitative estimate of drug-likeness (QED) is 0.487. The second-order valence-corrected chi connectivity index (χ2v) is 8.27. The molecule has 7 heteroatoms. The molecule has 0 spiro atoms. The molecule has 1 atom stereocenters. The van der Waals surface area contributed by atoms with Gasteiger partial charge in [0.05, 0.1) is 15.2 Å². The summed E-state index contributed by atoms with van der Waals surface area (Å²) in [6, 6.07) is 16.2. The average Bonchev–Trinajstić information content (AvgIpc) is 3.12. The van der Waals surface area contributed by atoms with Crippen molar-refractivity contribution in [1.29, 1.82) is 0 Å². The number of rotatable bonds is 8. The number of benzene rings is 2. The van der Waals surface area contributed by atoms with Gasteiger partial charge in [-0.15, -0.1) is 11.3 Å². The van der Waals surface area contributed by atoms with E-state index in [1.807, 2.05) is 50.2 Å². The molecular formula is C22H26N4O2S. The van der Waals surface area contributed by atoms with Crippen LogP contribution in [-0.2, 0) is 11.2 Å². The number of nitrogens with one attached hydrogen (secondary N) is 3. The molecule has 29 heavy (non-hydrogen) atoms. The second-order valence-electron chi connectivity index (χ2n) is 7.16. The highest BCUT2D eigenvalue weighted by atomic mass is 32.1. The Kier molecular flexibility index (Phi) is 7.19. The van der Waals surface area contributed by atoms with Crippen LogP contribution in [0.5, 0.6) is 0 Å². The zero-order chi connectivity index (χ0) is 20.6. The second kappa shape index (κ2) is 10.0. The van der Waals surface area contributed by atoms with E-state index in [1.54, 1.807) is 23.5 Å². The molecule has 6 nitrogen and oxygen atoms in total.